The van der Waals surface area contributed by atoms with Crippen molar-refractivity contribution in [1.82, 2.24) is 15.1 Å². The van der Waals surface area contributed by atoms with E-state index < -0.39 is 0 Å². The van der Waals surface area contributed by atoms with Crippen molar-refractivity contribution in [2.24, 2.45) is 0 Å². The molecule has 1 N–H and O–H groups in total. The molecule has 3 nitrogen and oxygen atoms in total. The van der Waals surface area contributed by atoms with Crippen molar-refractivity contribution in [3.8, 4) is 0 Å². The maximum atomic E-state index is 3.39. The van der Waals surface area contributed by atoms with E-state index in [1.54, 1.807) is 0 Å². The first-order valence-corrected chi connectivity index (χ1v) is 7.97. The molecular weight excluding hydrogens is 246 g/mol. The van der Waals surface area contributed by atoms with Crippen LogP contribution >= 0.6 is 0 Å². The molecule has 1 heterocycles. The second-order valence-electron chi connectivity index (χ2n) is 5.89. The maximum Gasteiger partial charge on any atom is 0.0231 e. The number of benzene rings is 1. The summed E-state index contributed by atoms with van der Waals surface area (Å²) in [7, 11) is 2.23. The Balaban J connectivity index is 1.76. The highest BCUT2D eigenvalue weighted by Crippen LogP contribution is 2.09. The van der Waals surface area contributed by atoms with Crippen LogP contribution in [-0.2, 0) is 13.1 Å². The van der Waals surface area contributed by atoms with Crippen molar-refractivity contribution in [3.63, 3.8) is 0 Å². The summed E-state index contributed by atoms with van der Waals surface area (Å²) in [6.45, 7) is 10.2. The summed E-state index contributed by atoms with van der Waals surface area (Å²) in [5.74, 6) is 0. The Morgan fingerprint density at radius 3 is 2.70 bits per heavy atom. The molecule has 1 aromatic carbocycles. The summed E-state index contributed by atoms with van der Waals surface area (Å²) >= 11 is 0. The van der Waals surface area contributed by atoms with Crippen molar-refractivity contribution in [3.05, 3.63) is 35.4 Å². The molecule has 1 fully saturated rings. The number of nitrogens with zero attached hydrogens (tertiary/aromatic N) is 2. The molecule has 20 heavy (non-hydrogen) atoms. The lowest BCUT2D eigenvalue weighted by atomic mass is 10.1. The minimum Gasteiger partial charge on any atom is -0.313 e. The molecule has 0 atom stereocenters. The van der Waals surface area contributed by atoms with Crippen molar-refractivity contribution >= 4 is 0 Å². The molecule has 2 rings (SSSR count). The predicted molar refractivity (Wildman–Crippen MR) is 85.8 cm³/mol. The fourth-order valence-corrected chi connectivity index (χ4v) is 2.82. The van der Waals surface area contributed by atoms with Crippen LogP contribution in [0.15, 0.2) is 24.3 Å². The summed E-state index contributed by atoms with van der Waals surface area (Å²) in [5, 5.41) is 3.39. The van der Waals surface area contributed by atoms with Crippen LogP contribution in [0, 0.1) is 0 Å². The third-order valence-corrected chi connectivity index (χ3v) is 4.02. The van der Waals surface area contributed by atoms with Crippen molar-refractivity contribution < 1.29 is 0 Å². The van der Waals surface area contributed by atoms with Crippen LogP contribution in [0.5, 0.6) is 0 Å². The van der Waals surface area contributed by atoms with Gasteiger partial charge in [-0.15, -0.1) is 0 Å². The van der Waals surface area contributed by atoms with Crippen LogP contribution in [0.2, 0.25) is 0 Å². The zero-order valence-electron chi connectivity index (χ0n) is 13.1. The number of hydrogen-bond acceptors (Lipinski definition) is 3. The molecule has 0 spiro atoms. The molecule has 1 saturated heterocycles. The Kier molecular flexibility index (Phi) is 6.51. The minimum atomic E-state index is 0.974. The first-order valence-electron chi connectivity index (χ1n) is 7.97. The summed E-state index contributed by atoms with van der Waals surface area (Å²) in [6.07, 6.45) is 2.77. The molecular formula is C17H29N3. The maximum absolute atomic E-state index is 3.39. The highest BCUT2D eigenvalue weighted by atomic mass is 15.2. The Hall–Kier alpha value is -0.900. The highest BCUT2D eigenvalue weighted by Gasteiger charge is 2.11. The lowest BCUT2D eigenvalue weighted by Gasteiger charge is -2.21. The fraction of sp³-hybridized carbons (Fsp3) is 0.647. The van der Waals surface area contributed by atoms with Gasteiger partial charge in [-0.1, -0.05) is 31.2 Å². The highest BCUT2D eigenvalue weighted by molar-refractivity contribution is 5.23. The summed E-state index contributed by atoms with van der Waals surface area (Å²) in [6, 6.07) is 8.95. The van der Waals surface area contributed by atoms with E-state index in [2.05, 4.69) is 53.4 Å². The van der Waals surface area contributed by atoms with Crippen LogP contribution in [0.3, 0.4) is 0 Å². The topological polar surface area (TPSA) is 18.5 Å². The van der Waals surface area contributed by atoms with E-state index in [1.165, 1.54) is 43.6 Å². The number of hydrogen-bond donors (Lipinski definition) is 1. The van der Waals surface area contributed by atoms with Gasteiger partial charge in [-0.05, 0) is 50.7 Å². The van der Waals surface area contributed by atoms with E-state index in [1.807, 2.05) is 0 Å². The van der Waals surface area contributed by atoms with Gasteiger partial charge in [0.15, 0.2) is 0 Å². The van der Waals surface area contributed by atoms with Crippen LogP contribution < -0.4 is 5.32 Å². The Labute approximate surface area is 124 Å². The standard InChI is InChI=1S/C17H29N3/c1-3-18-14-16-7-6-8-17(13-16)15-19(2)11-12-20-9-4-5-10-20/h6-8,13,18H,3-5,9-12,14-15H2,1-2H3. The molecule has 112 valence electrons. The van der Waals surface area contributed by atoms with Gasteiger partial charge in [0.2, 0.25) is 0 Å². The van der Waals surface area contributed by atoms with E-state index in [-0.39, 0.29) is 0 Å². The van der Waals surface area contributed by atoms with Gasteiger partial charge in [0.05, 0.1) is 0 Å². The fourth-order valence-electron chi connectivity index (χ4n) is 2.82. The van der Waals surface area contributed by atoms with E-state index in [0.717, 1.165) is 26.2 Å². The van der Waals surface area contributed by atoms with Gasteiger partial charge in [0, 0.05) is 26.2 Å². The van der Waals surface area contributed by atoms with Gasteiger partial charge >= 0.3 is 0 Å². The average Bonchev–Trinajstić information content (AvgIpc) is 2.97. The number of likely N-dealkylation sites (N-methyl/N-ethyl adjacent to an activating group) is 1. The quantitative estimate of drug-likeness (QED) is 0.785. The molecule has 0 radical (unpaired) electrons. The molecule has 3 heteroatoms. The first kappa shape index (κ1) is 15.5. The van der Waals surface area contributed by atoms with Gasteiger partial charge in [-0.25, -0.2) is 0 Å². The lowest BCUT2D eigenvalue weighted by molar-refractivity contribution is 0.252. The molecule has 0 aliphatic carbocycles. The van der Waals surface area contributed by atoms with E-state index in [4.69, 9.17) is 0 Å². The van der Waals surface area contributed by atoms with Crippen molar-refractivity contribution in [2.45, 2.75) is 32.9 Å². The summed E-state index contributed by atoms with van der Waals surface area (Å²) < 4.78 is 0. The number of likely N-dealkylation sites (tertiary alicyclic amines) is 1. The average molecular weight is 275 g/mol. The number of nitrogens with one attached hydrogen (secondary N) is 1. The second kappa shape index (κ2) is 8.40. The Morgan fingerprint density at radius 1 is 1.20 bits per heavy atom. The van der Waals surface area contributed by atoms with E-state index >= 15 is 0 Å². The van der Waals surface area contributed by atoms with Crippen LogP contribution in [0.25, 0.3) is 0 Å². The van der Waals surface area contributed by atoms with Crippen LogP contribution in [0.1, 0.15) is 30.9 Å². The van der Waals surface area contributed by atoms with Gasteiger partial charge in [0.25, 0.3) is 0 Å². The van der Waals surface area contributed by atoms with Gasteiger partial charge in [-0.3, -0.25) is 0 Å². The normalized spacial score (nSPS) is 16.1. The molecule has 0 amide bonds. The van der Waals surface area contributed by atoms with Crippen LogP contribution in [-0.4, -0.2) is 49.6 Å². The second-order valence-corrected chi connectivity index (χ2v) is 5.89. The zero-order chi connectivity index (χ0) is 14.2. The minimum absolute atomic E-state index is 0.974. The molecule has 0 unspecified atom stereocenters. The van der Waals surface area contributed by atoms with Crippen molar-refractivity contribution in [1.29, 1.82) is 0 Å². The predicted octanol–water partition coefficient (Wildman–Crippen LogP) is 2.32. The van der Waals surface area contributed by atoms with Crippen molar-refractivity contribution in [2.75, 3.05) is 39.8 Å². The summed E-state index contributed by atoms with van der Waals surface area (Å²) in [4.78, 5) is 5.02. The third-order valence-electron chi connectivity index (χ3n) is 4.02. The monoisotopic (exact) mass is 275 g/mol. The molecule has 1 aliphatic heterocycles. The molecule has 0 aromatic heterocycles. The smallest absolute Gasteiger partial charge is 0.0231 e. The molecule has 0 bridgehead atoms. The SMILES string of the molecule is CCNCc1cccc(CN(C)CCN2CCCC2)c1. The van der Waals surface area contributed by atoms with Crippen LogP contribution in [0.4, 0.5) is 0 Å². The first-order chi connectivity index (χ1) is 9.78. The number of rotatable bonds is 8. The Bertz CT molecular complexity index is 386. The van der Waals surface area contributed by atoms with Gasteiger partial charge in [0.1, 0.15) is 0 Å². The molecule has 1 aliphatic rings. The molecule has 1 aromatic rings. The third kappa shape index (κ3) is 5.23. The lowest BCUT2D eigenvalue weighted by Crippen LogP contribution is -2.31. The zero-order valence-corrected chi connectivity index (χ0v) is 13.1. The van der Waals surface area contributed by atoms with Gasteiger partial charge in [-0.2, -0.15) is 0 Å². The molecule has 0 saturated carbocycles. The van der Waals surface area contributed by atoms with E-state index in [0.29, 0.717) is 0 Å². The van der Waals surface area contributed by atoms with E-state index in [9.17, 15) is 0 Å². The largest absolute Gasteiger partial charge is 0.313 e. The summed E-state index contributed by atoms with van der Waals surface area (Å²) in [5.41, 5.74) is 2.81. The Morgan fingerprint density at radius 2 is 1.95 bits per heavy atom. The van der Waals surface area contributed by atoms with Gasteiger partial charge < -0.3 is 15.1 Å².